The highest BCUT2D eigenvalue weighted by molar-refractivity contribution is 6.30. The minimum Gasteiger partial charge on any atom is -0.310 e. The molecule has 5 heteroatoms. The summed E-state index contributed by atoms with van der Waals surface area (Å²) in [5.41, 5.74) is 0.790. The molecule has 4 nitrogen and oxygen atoms in total. The van der Waals surface area contributed by atoms with E-state index in [9.17, 15) is 10.1 Å². The summed E-state index contributed by atoms with van der Waals surface area (Å²) in [6, 6.07) is 5.10. The van der Waals surface area contributed by atoms with Gasteiger partial charge in [0.05, 0.1) is 4.92 Å². The van der Waals surface area contributed by atoms with Crippen LogP contribution in [0.15, 0.2) is 18.2 Å². The second-order valence-electron chi connectivity index (χ2n) is 5.24. The van der Waals surface area contributed by atoms with Gasteiger partial charge in [0.1, 0.15) is 0 Å². The summed E-state index contributed by atoms with van der Waals surface area (Å²) in [4.78, 5) is 10.6. The lowest BCUT2D eigenvalue weighted by Gasteiger charge is -2.20. The van der Waals surface area contributed by atoms with Crippen molar-refractivity contribution in [3.63, 3.8) is 0 Å². The maximum absolute atomic E-state index is 11.0. The average Bonchev–Trinajstić information content (AvgIpc) is 2.89. The Balaban J connectivity index is 2.01. The number of nitro groups is 1. The minimum absolute atomic E-state index is 0.135. The van der Waals surface area contributed by atoms with E-state index in [1.807, 2.05) is 0 Å². The summed E-state index contributed by atoms with van der Waals surface area (Å²) in [6.07, 6.45) is 5.11. The molecular weight excluding hydrogens is 264 g/mol. The Bertz CT molecular complexity index is 459. The SMILES string of the molecule is C[C@H](NCc1cc(Cl)ccc1[N+](=O)[O-])C1CCCC1. The Morgan fingerprint density at radius 3 is 2.79 bits per heavy atom. The van der Waals surface area contributed by atoms with Crippen molar-refractivity contribution in [1.29, 1.82) is 0 Å². The van der Waals surface area contributed by atoms with Crippen molar-refractivity contribution in [3.05, 3.63) is 38.9 Å². The van der Waals surface area contributed by atoms with Gasteiger partial charge in [-0.25, -0.2) is 0 Å². The van der Waals surface area contributed by atoms with Gasteiger partial charge in [0.25, 0.3) is 5.69 Å². The summed E-state index contributed by atoms with van der Waals surface area (Å²) < 4.78 is 0. The topological polar surface area (TPSA) is 55.2 Å². The highest BCUT2D eigenvalue weighted by atomic mass is 35.5. The molecule has 0 bridgehead atoms. The quantitative estimate of drug-likeness (QED) is 0.658. The maximum atomic E-state index is 11.0. The van der Waals surface area contributed by atoms with E-state index >= 15 is 0 Å². The molecule has 1 atom stereocenters. The zero-order valence-corrected chi connectivity index (χ0v) is 11.8. The summed E-state index contributed by atoms with van der Waals surface area (Å²) in [7, 11) is 0. The van der Waals surface area contributed by atoms with E-state index in [-0.39, 0.29) is 10.6 Å². The lowest BCUT2D eigenvalue weighted by Crippen LogP contribution is -2.31. The second kappa shape index (κ2) is 6.35. The zero-order chi connectivity index (χ0) is 13.8. The molecule has 0 saturated heterocycles. The van der Waals surface area contributed by atoms with Crippen molar-refractivity contribution in [3.8, 4) is 0 Å². The van der Waals surface area contributed by atoms with Crippen molar-refractivity contribution in [1.82, 2.24) is 5.32 Å². The van der Waals surface area contributed by atoms with Crippen LogP contribution in [0.2, 0.25) is 5.02 Å². The first kappa shape index (κ1) is 14.3. The predicted octanol–water partition coefficient (Wildman–Crippen LogP) is 3.92. The van der Waals surface area contributed by atoms with E-state index in [4.69, 9.17) is 11.6 Å². The van der Waals surface area contributed by atoms with Gasteiger partial charge in [-0.3, -0.25) is 10.1 Å². The summed E-state index contributed by atoms with van der Waals surface area (Å²) in [5.74, 6) is 0.693. The maximum Gasteiger partial charge on any atom is 0.273 e. The number of benzene rings is 1. The van der Waals surface area contributed by atoms with E-state index < -0.39 is 0 Å². The zero-order valence-electron chi connectivity index (χ0n) is 11.1. The largest absolute Gasteiger partial charge is 0.310 e. The van der Waals surface area contributed by atoms with Crippen LogP contribution in [0.25, 0.3) is 0 Å². The number of nitrogens with zero attached hydrogens (tertiary/aromatic N) is 1. The molecule has 0 aliphatic heterocycles. The third-order valence-corrected chi connectivity index (χ3v) is 4.19. The molecular formula is C14H19ClN2O2. The molecule has 1 saturated carbocycles. The Kier molecular flexibility index (Phi) is 4.77. The molecule has 1 N–H and O–H groups in total. The molecule has 0 amide bonds. The van der Waals surface area contributed by atoms with Gasteiger partial charge in [-0.2, -0.15) is 0 Å². The van der Waals surface area contributed by atoms with Crippen LogP contribution in [0, 0.1) is 16.0 Å². The molecule has 1 aromatic carbocycles. The van der Waals surface area contributed by atoms with Crippen LogP contribution in [0.1, 0.15) is 38.2 Å². The van der Waals surface area contributed by atoms with Gasteiger partial charge in [0.2, 0.25) is 0 Å². The fourth-order valence-corrected chi connectivity index (χ4v) is 2.96. The molecule has 0 heterocycles. The molecule has 0 unspecified atom stereocenters. The van der Waals surface area contributed by atoms with E-state index in [1.54, 1.807) is 12.1 Å². The number of rotatable bonds is 5. The predicted molar refractivity (Wildman–Crippen MR) is 76.4 cm³/mol. The Morgan fingerprint density at radius 1 is 1.47 bits per heavy atom. The van der Waals surface area contributed by atoms with Crippen molar-refractivity contribution < 1.29 is 4.92 Å². The molecule has 2 rings (SSSR count). The standard InChI is InChI=1S/C14H19ClN2O2/c1-10(11-4-2-3-5-11)16-9-12-8-13(15)6-7-14(12)17(18)19/h6-8,10-11,16H,2-5,9H2,1H3/t10-/m0/s1. The fourth-order valence-electron chi connectivity index (χ4n) is 2.77. The average molecular weight is 283 g/mol. The van der Waals surface area contributed by atoms with Crippen molar-refractivity contribution in [2.75, 3.05) is 0 Å². The molecule has 19 heavy (non-hydrogen) atoms. The van der Waals surface area contributed by atoms with E-state index in [1.165, 1.54) is 31.7 Å². The first-order valence-electron chi connectivity index (χ1n) is 6.74. The third-order valence-electron chi connectivity index (χ3n) is 3.96. The molecule has 0 radical (unpaired) electrons. The van der Waals surface area contributed by atoms with E-state index in [2.05, 4.69) is 12.2 Å². The van der Waals surface area contributed by atoms with E-state index in [0.717, 1.165) is 0 Å². The van der Waals surface area contributed by atoms with Crippen LogP contribution in [-0.4, -0.2) is 11.0 Å². The number of hydrogen-bond acceptors (Lipinski definition) is 3. The van der Waals surface area contributed by atoms with Gasteiger partial charge < -0.3 is 5.32 Å². The summed E-state index contributed by atoms with van der Waals surface area (Å²) in [6.45, 7) is 2.65. The second-order valence-corrected chi connectivity index (χ2v) is 5.68. The smallest absolute Gasteiger partial charge is 0.273 e. The Hall–Kier alpha value is -1.13. The third kappa shape index (κ3) is 3.67. The number of halogens is 1. The highest BCUT2D eigenvalue weighted by Gasteiger charge is 2.22. The minimum atomic E-state index is -0.354. The van der Waals surface area contributed by atoms with Crippen LogP contribution < -0.4 is 5.32 Å². The number of hydrogen-bond donors (Lipinski definition) is 1. The molecule has 1 aliphatic rings. The van der Waals surface area contributed by atoms with Crippen molar-refractivity contribution in [2.45, 2.75) is 45.2 Å². The van der Waals surface area contributed by atoms with Crippen LogP contribution in [-0.2, 0) is 6.54 Å². The highest BCUT2D eigenvalue weighted by Crippen LogP contribution is 2.28. The Labute approximate surface area is 118 Å². The van der Waals surface area contributed by atoms with Crippen LogP contribution in [0.3, 0.4) is 0 Å². The van der Waals surface area contributed by atoms with E-state index in [0.29, 0.717) is 29.1 Å². The lowest BCUT2D eigenvalue weighted by atomic mass is 9.99. The number of nitrogens with one attached hydrogen (secondary N) is 1. The number of nitro benzene ring substituents is 1. The lowest BCUT2D eigenvalue weighted by molar-refractivity contribution is -0.385. The summed E-state index contributed by atoms with van der Waals surface area (Å²) >= 11 is 5.91. The van der Waals surface area contributed by atoms with Gasteiger partial charge in [0, 0.05) is 29.2 Å². The van der Waals surface area contributed by atoms with Crippen LogP contribution in [0.4, 0.5) is 5.69 Å². The van der Waals surface area contributed by atoms with Crippen molar-refractivity contribution in [2.24, 2.45) is 5.92 Å². The monoisotopic (exact) mass is 282 g/mol. The first-order chi connectivity index (χ1) is 9.08. The Morgan fingerprint density at radius 2 is 2.16 bits per heavy atom. The molecule has 0 spiro atoms. The normalized spacial score (nSPS) is 17.6. The van der Waals surface area contributed by atoms with Crippen LogP contribution >= 0.6 is 11.6 Å². The van der Waals surface area contributed by atoms with Gasteiger partial charge in [-0.15, -0.1) is 0 Å². The first-order valence-corrected chi connectivity index (χ1v) is 7.12. The van der Waals surface area contributed by atoms with Gasteiger partial charge >= 0.3 is 0 Å². The molecule has 1 fully saturated rings. The van der Waals surface area contributed by atoms with Gasteiger partial charge in [-0.05, 0) is 37.8 Å². The molecule has 0 aromatic heterocycles. The molecule has 1 aliphatic carbocycles. The fraction of sp³-hybridized carbons (Fsp3) is 0.571. The van der Waals surface area contributed by atoms with Crippen molar-refractivity contribution >= 4 is 17.3 Å². The summed E-state index contributed by atoms with van der Waals surface area (Å²) in [5, 5.41) is 14.9. The van der Waals surface area contributed by atoms with Gasteiger partial charge in [0.15, 0.2) is 0 Å². The van der Waals surface area contributed by atoms with Crippen LogP contribution in [0.5, 0.6) is 0 Å². The molecule has 104 valence electrons. The molecule has 1 aromatic rings. The van der Waals surface area contributed by atoms with Gasteiger partial charge in [-0.1, -0.05) is 24.4 Å².